The van der Waals surface area contributed by atoms with Crippen molar-refractivity contribution < 1.29 is 0 Å². The lowest BCUT2D eigenvalue weighted by Crippen LogP contribution is -2.43. The summed E-state index contributed by atoms with van der Waals surface area (Å²) in [5.41, 5.74) is 1.90. The van der Waals surface area contributed by atoms with Gasteiger partial charge in [-0.25, -0.2) is 9.97 Å². The fraction of sp³-hybridized carbons (Fsp3) is 0.500. The molecule has 0 radical (unpaired) electrons. The number of likely N-dealkylation sites (tertiary alicyclic amines) is 1. The zero-order chi connectivity index (χ0) is 14.7. The van der Waals surface area contributed by atoms with Gasteiger partial charge < -0.3 is 4.90 Å². The Labute approximate surface area is 137 Å². The number of aromatic nitrogens is 3. The molecule has 0 saturated carbocycles. The Morgan fingerprint density at radius 2 is 2.00 bits per heavy atom. The van der Waals surface area contributed by atoms with Crippen LogP contribution in [0.3, 0.4) is 0 Å². The predicted octanol–water partition coefficient (Wildman–Crippen LogP) is 2.80. The third kappa shape index (κ3) is 3.78. The lowest BCUT2D eigenvalue weighted by Gasteiger charge is -2.36. The first kappa shape index (κ1) is 14.9. The maximum absolute atomic E-state index is 4.38. The second-order valence-corrected chi connectivity index (χ2v) is 7.17. The second kappa shape index (κ2) is 6.81. The van der Waals surface area contributed by atoms with Crippen LogP contribution in [0.1, 0.15) is 17.7 Å². The average Bonchev–Trinajstić information content (AvgIpc) is 3.01. The molecule has 0 spiro atoms. The van der Waals surface area contributed by atoms with E-state index in [4.69, 9.17) is 0 Å². The molecule has 0 amide bonds. The summed E-state index contributed by atoms with van der Waals surface area (Å²) >= 11 is 5.11. The van der Waals surface area contributed by atoms with Crippen LogP contribution >= 0.6 is 27.3 Å². The van der Waals surface area contributed by atoms with Crippen LogP contribution in [-0.4, -0.2) is 46.0 Å². The Morgan fingerprint density at radius 3 is 2.62 bits per heavy atom. The summed E-state index contributed by atoms with van der Waals surface area (Å²) in [6.07, 6.45) is 7.87. The summed E-state index contributed by atoms with van der Waals surface area (Å²) in [5, 5.41) is 0. The quantitative estimate of drug-likeness (QED) is 0.831. The van der Waals surface area contributed by atoms with Crippen molar-refractivity contribution in [2.45, 2.75) is 25.4 Å². The molecule has 0 aliphatic carbocycles. The molecular weight excluding hydrogens is 350 g/mol. The van der Waals surface area contributed by atoms with Crippen molar-refractivity contribution in [1.82, 2.24) is 19.9 Å². The molecule has 1 fully saturated rings. The summed E-state index contributed by atoms with van der Waals surface area (Å²) in [6, 6.07) is 0.517. The topological polar surface area (TPSA) is 45.2 Å². The number of hydrogen-bond donors (Lipinski definition) is 0. The molecule has 3 rings (SSSR count). The van der Waals surface area contributed by atoms with Gasteiger partial charge in [-0.05, 0) is 28.8 Å². The van der Waals surface area contributed by atoms with Crippen LogP contribution in [0.15, 0.2) is 28.6 Å². The lowest BCUT2D eigenvalue weighted by molar-refractivity contribution is 0.204. The molecule has 7 heteroatoms. The highest BCUT2D eigenvalue weighted by Gasteiger charge is 2.24. The maximum Gasteiger partial charge on any atom is 0.225 e. The van der Waals surface area contributed by atoms with Gasteiger partial charge in [-0.1, -0.05) is 0 Å². The first-order chi connectivity index (χ1) is 10.2. The first-order valence-corrected chi connectivity index (χ1v) is 8.70. The van der Waals surface area contributed by atoms with Gasteiger partial charge in [0.15, 0.2) is 0 Å². The highest BCUT2D eigenvalue weighted by Crippen LogP contribution is 2.21. The summed E-state index contributed by atoms with van der Waals surface area (Å²) in [7, 11) is 2.09. The molecule has 0 atom stereocenters. The van der Waals surface area contributed by atoms with Crippen molar-refractivity contribution in [2.75, 3.05) is 25.0 Å². The standard InChI is InChI=1S/C14H18BrN5S/c1-19(14-17-6-11(15)7-18-14)12-2-4-20(5-3-12)9-13-8-16-10-21-13/h6-8,10,12H,2-5,9H2,1H3. The molecule has 0 N–H and O–H groups in total. The van der Waals surface area contributed by atoms with Crippen molar-refractivity contribution in [3.05, 3.63) is 33.5 Å². The van der Waals surface area contributed by atoms with E-state index in [1.165, 1.54) is 4.88 Å². The van der Waals surface area contributed by atoms with E-state index < -0.39 is 0 Å². The first-order valence-electron chi connectivity index (χ1n) is 7.02. The Balaban J connectivity index is 1.54. The molecule has 3 heterocycles. The molecule has 1 aliphatic heterocycles. The van der Waals surface area contributed by atoms with Crippen molar-refractivity contribution in [1.29, 1.82) is 0 Å². The monoisotopic (exact) mass is 367 g/mol. The number of nitrogens with zero attached hydrogens (tertiary/aromatic N) is 5. The van der Waals surface area contributed by atoms with E-state index in [0.717, 1.165) is 42.9 Å². The van der Waals surface area contributed by atoms with Gasteiger partial charge in [0.05, 0.1) is 9.98 Å². The fourth-order valence-electron chi connectivity index (χ4n) is 2.66. The van der Waals surface area contributed by atoms with Gasteiger partial charge in [0, 0.05) is 56.2 Å². The number of thiazole rings is 1. The molecule has 5 nitrogen and oxygen atoms in total. The normalized spacial score (nSPS) is 17.0. The predicted molar refractivity (Wildman–Crippen MR) is 88.5 cm³/mol. The van der Waals surface area contributed by atoms with Gasteiger partial charge in [0.2, 0.25) is 5.95 Å². The summed E-state index contributed by atoms with van der Waals surface area (Å²) in [6.45, 7) is 3.25. The van der Waals surface area contributed by atoms with Crippen LogP contribution in [0.2, 0.25) is 0 Å². The number of halogens is 1. The van der Waals surface area contributed by atoms with E-state index >= 15 is 0 Å². The lowest BCUT2D eigenvalue weighted by atomic mass is 10.0. The third-order valence-corrected chi connectivity index (χ3v) is 5.06. The Morgan fingerprint density at radius 1 is 1.29 bits per heavy atom. The molecule has 0 bridgehead atoms. The highest BCUT2D eigenvalue weighted by molar-refractivity contribution is 9.10. The minimum Gasteiger partial charge on any atom is -0.341 e. The highest BCUT2D eigenvalue weighted by atomic mass is 79.9. The maximum atomic E-state index is 4.38. The molecule has 21 heavy (non-hydrogen) atoms. The molecule has 0 unspecified atom stereocenters. The van der Waals surface area contributed by atoms with Gasteiger partial charge in [0.1, 0.15) is 0 Å². The van der Waals surface area contributed by atoms with Crippen molar-refractivity contribution in [2.24, 2.45) is 0 Å². The minimum atomic E-state index is 0.517. The van der Waals surface area contributed by atoms with Crippen LogP contribution in [0.5, 0.6) is 0 Å². The van der Waals surface area contributed by atoms with Crippen molar-refractivity contribution in [3.8, 4) is 0 Å². The summed E-state index contributed by atoms with van der Waals surface area (Å²) in [4.78, 5) is 19.0. The van der Waals surface area contributed by atoms with Crippen LogP contribution in [0.4, 0.5) is 5.95 Å². The number of anilines is 1. The van der Waals surface area contributed by atoms with E-state index in [9.17, 15) is 0 Å². The fourth-order valence-corrected chi connectivity index (χ4v) is 3.50. The Hall–Kier alpha value is -1.05. The van der Waals surface area contributed by atoms with Gasteiger partial charge >= 0.3 is 0 Å². The summed E-state index contributed by atoms with van der Waals surface area (Å²) < 4.78 is 0.916. The van der Waals surface area contributed by atoms with Gasteiger partial charge in [-0.2, -0.15) is 0 Å². The Bertz CT molecular complexity index is 551. The summed E-state index contributed by atoms with van der Waals surface area (Å²) in [5.74, 6) is 0.805. The van der Waals surface area contributed by atoms with E-state index in [0.29, 0.717) is 6.04 Å². The van der Waals surface area contributed by atoms with Crippen LogP contribution < -0.4 is 4.90 Å². The van der Waals surface area contributed by atoms with Gasteiger partial charge in [-0.15, -0.1) is 11.3 Å². The zero-order valence-corrected chi connectivity index (χ0v) is 14.3. The van der Waals surface area contributed by atoms with Crippen molar-refractivity contribution >= 4 is 33.2 Å². The number of piperidine rings is 1. The SMILES string of the molecule is CN(c1ncc(Br)cn1)C1CCN(Cc2cncs2)CC1. The van der Waals surface area contributed by atoms with Crippen molar-refractivity contribution in [3.63, 3.8) is 0 Å². The van der Waals surface area contributed by atoms with Crippen LogP contribution in [-0.2, 0) is 6.54 Å². The molecule has 0 aromatic carbocycles. The smallest absolute Gasteiger partial charge is 0.225 e. The van der Waals surface area contributed by atoms with E-state index in [-0.39, 0.29) is 0 Å². The average molecular weight is 368 g/mol. The van der Waals surface area contributed by atoms with Crippen LogP contribution in [0.25, 0.3) is 0 Å². The van der Waals surface area contributed by atoms with E-state index in [1.54, 1.807) is 23.7 Å². The third-order valence-electron chi connectivity index (χ3n) is 3.89. The molecule has 2 aromatic rings. The zero-order valence-electron chi connectivity index (χ0n) is 11.9. The molecule has 112 valence electrons. The number of hydrogen-bond acceptors (Lipinski definition) is 6. The van der Waals surface area contributed by atoms with Gasteiger partial charge in [-0.3, -0.25) is 9.88 Å². The Kier molecular flexibility index (Phi) is 4.82. The molecular formula is C14H18BrN5S. The molecule has 2 aromatic heterocycles. The second-order valence-electron chi connectivity index (χ2n) is 5.29. The minimum absolute atomic E-state index is 0.517. The molecule has 1 aliphatic rings. The van der Waals surface area contributed by atoms with Crippen LogP contribution in [0, 0.1) is 0 Å². The van der Waals surface area contributed by atoms with E-state index in [1.807, 2.05) is 11.7 Å². The molecule has 1 saturated heterocycles. The van der Waals surface area contributed by atoms with Gasteiger partial charge in [0.25, 0.3) is 0 Å². The van der Waals surface area contributed by atoms with E-state index in [2.05, 4.69) is 47.7 Å². The largest absolute Gasteiger partial charge is 0.341 e. The number of rotatable bonds is 4.